The maximum absolute atomic E-state index is 8.98. The molecule has 1 N–H and O–H groups in total. The number of aryl methyl sites for hydroxylation is 1. The molecular weight excluding hydrogens is 278 g/mol. The minimum atomic E-state index is 0.314. The fourth-order valence-corrected chi connectivity index (χ4v) is 3.11. The molecule has 1 aliphatic heterocycles. The van der Waals surface area contributed by atoms with E-state index in [-0.39, 0.29) is 0 Å². The molecule has 110 valence electrons. The maximum Gasteiger partial charge on any atom is 0.158 e. The van der Waals surface area contributed by atoms with Gasteiger partial charge in [0.05, 0.1) is 5.39 Å². The van der Waals surface area contributed by atoms with Gasteiger partial charge in [-0.2, -0.15) is 5.26 Å². The van der Waals surface area contributed by atoms with Gasteiger partial charge in [-0.15, -0.1) is 0 Å². The molecule has 0 spiro atoms. The highest BCUT2D eigenvalue weighted by atomic mass is 15.2. The quantitative estimate of drug-likeness (QED) is 0.773. The van der Waals surface area contributed by atoms with Crippen LogP contribution in [0.25, 0.3) is 11.0 Å². The lowest BCUT2D eigenvalue weighted by Crippen LogP contribution is -2.38. The lowest BCUT2D eigenvalue weighted by molar-refractivity contribution is 0.448. The highest BCUT2D eigenvalue weighted by Crippen LogP contribution is 2.26. The summed E-state index contributed by atoms with van der Waals surface area (Å²) in [5.41, 5.74) is 1.34. The van der Waals surface area contributed by atoms with Gasteiger partial charge < -0.3 is 14.5 Å². The van der Waals surface area contributed by atoms with Crippen LogP contribution in [-0.2, 0) is 13.0 Å². The van der Waals surface area contributed by atoms with E-state index in [1.807, 2.05) is 18.5 Å². The zero-order valence-corrected chi connectivity index (χ0v) is 12.2. The van der Waals surface area contributed by atoms with Gasteiger partial charge in [-0.3, -0.25) is 0 Å². The minimum absolute atomic E-state index is 0.314. The van der Waals surface area contributed by atoms with Crippen LogP contribution in [0.4, 0.5) is 5.82 Å². The number of hydrogen-bond donors (Lipinski definition) is 1. The number of rotatable bonds is 2. The molecule has 4 rings (SSSR count). The van der Waals surface area contributed by atoms with Gasteiger partial charge in [-0.25, -0.2) is 15.0 Å². The van der Waals surface area contributed by atoms with E-state index in [4.69, 9.17) is 5.26 Å². The van der Waals surface area contributed by atoms with Crippen LogP contribution >= 0.6 is 0 Å². The third-order valence-corrected chi connectivity index (χ3v) is 4.31. The van der Waals surface area contributed by atoms with Crippen molar-refractivity contribution in [3.05, 3.63) is 36.3 Å². The third kappa shape index (κ3) is 1.92. The van der Waals surface area contributed by atoms with Gasteiger partial charge in [0.1, 0.15) is 29.7 Å². The van der Waals surface area contributed by atoms with Gasteiger partial charge >= 0.3 is 0 Å². The monoisotopic (exact) mass is 293 g/mol. The van der Waals surface area contributed by atoms with Gasteiger partial charge in [0.25, 0.3) is 0 Å². The summed E-state index contributed by atoms with van der Waals surface area (Å²) in [4.78, 5) is 18.4. The van der Waals surface area contributed by atoms with Crippen molar-refractivity contribution in [1.29, 1.82) is 5.26 Å². The minimum Gasteiger partial charge on any atom is -0.356 e. The van der Waals surface area contributed by atoms with Crippen molar-refractivity contribution in [1.82, 2.24) is 24.5 Å². The maximum atomic E-state index is 8.98. The number of likely N-dealkylation sites (N-methyl/N-ethyl adjacent to an activating group) is 1. The number of nitriles is 1. The average molecular weight is 293 g/mol. The van der Waals surface area contributed by atoms with E-state index in [0.29, 0.717) is 11.7 Å². The van der Waals surface area contributed by atoms with Crippen molar-refractivity contribution in [2.24, 2.45) is 0 Å². The van der Waals surface area contributed by atoms with Crippen LogP contribution in [0.1, 0.15) is 17.9 Å². The molecule has 0 aromatic carbocycles. The summed E-state index contributed by atoms with van der Waals surface area (Å²) in [5, 5.41) is 10.0. The van der Waals surface area contributed by atoms with Crippen molar-refractivity contribution in [2.75, 3.05) is 11.9 Å². The number of nitrogens with zero attached hydrogens (tertiary/aromatic N) is 6. The highest BCUT2D eigenvalue weighted by molar-refractivity contribution is 5.87. The Morgan fingerprint density at radius 1 is 1.45 bits per heavy atom. The Balaban J connectivity index is 1.65. The first-order valence-corrected chi connectivity index (χ1v) is 7.23. The zero-order valence-electron chi connectivity index (χ0n) is 12.2. The molecule has 7 nitrogen and oxygen atoms in total. The molecule has 7 heteroatoms. The fraction of sp³-hybridized carbons (Fsp3) is 0.333. The van der Waals surface area contributed by atoms with Crippen molar-refractivity contribution in [2.45, 2.75) is 25.4 Å². The van der Waals surface area contributed by atoms with Gasteiger partial charge in [-0.1, -0.05) is 0 Å². The molecule has 22 heavy (non-hydrogen) atoms. The van der Waals surface area contributed by atoms with Crippen LogP contribution in [0.3, 0.4) is 0 Å². The largest absolute Gasteiger partial charge is 0.356 e. The molecule has 0 saturated heterocycles. The number of aromatic amines is 1. The van der Waals surface area contributed by atoms with Crippen LogP contribution in [0.5, 0.6) is 0 Å². The van der Waals surface area contributed by atoms with Crippen LogP contribution in [0.2, 0.25) is 0 Å². The Kier molecular flexibility index (Phi) is 2.82. The second-order valence-electron chi connectivity index (χ2n) is 5.54. The van der Waals surface area contributed by atoms with E-state index < -0.39 is 0 Å². The van der Waals surface area contributed by atoms with Crippen molar-refractivity contribution in [3.63, 3.8) is 0 Å². The lowest BCUT2D eigenvalue weighted by atomic mass is 10.0. The van der Waals surface area contributed by atoms with Crippen molar-refractivity contribution < 1.29 is 0 Å². The SMILES string of the molecule is CN(c1ncnc2[nH]ccc12)[C@H]1CCn2cc(C#N)nc2C1. The molecule has 3 aromatic rings. The standard InChI is InChI=1S/C15H15N7/c1-21(15-12-2-4-17-14(12)18-9-19-15)11-3-5-22-8-10(7-16)20-13(22)6-11/h2,4,8-9,11H,3,5-6H2,1H3,(H,17,18,19)/t11-/m0/s1. The van der Waals surface area contributed by atoms with E-state index in [2.05, 4.69) is 42.5 Å². The Morgan fingerprint density at radius 3 is 3.23 bits per heavy atom. The summed E-state index contributed by atoms with van der Waals surface area (Å²) in [7, 11) is 2.06. The van der Waals surface area contributed by atoms with Crippen molar-refractivity contribution >= 4 is 16.9 Å². The molecule has 3 aromatic heterocycles. The predicted molar refractivity (Wildman–Crippen MR) is 81.3 cm³/mol. The molecular formula is C15H15N7. The Labute approximate surface area is 127 Å². The topological polar surface area (TPSA) is 86.4 Å². The summed E-state index contributed by atoms with van der Waals surface area (Å²) < 4.78 is 2.08. The van der Waals surface area contributed by atoms with Gasteiger partial charge in [-0.05, 0) is 12.5 Å². The van der Waals surface area contributed by atoms with E-state index >= 15 is 0 Å². The first-order valence-electron chi connectivity index (χ1n) is 7.23. The van der Waals surface area contributed by atoms with Crippen LogP contribution < -0.4 is 4.90 Å². The van der Waals surface area contributed by atoms with Gasteiger partial charge in [0.15, 0.2) is 5.69 Å². The van der Waals surface area contributed by atoms with Crippen LogP contribution in [-0.4, -0.2) is 37.6 Å². The number of H-pyrrole nitrogens is 1. The molecule has 0 radical (unpaired) electrons. The zero-order chi connectivity index (χ0) is 15.1. The number of hydrogen-bond acceptors (Lipinski definition) is 5. The van der Waals surface area contributed by atoms with E-state index in [9.17, 15) is 0 Å². The lowest BCUT2D eigenvalue weighted by Gasteiger charge is -2.32. The molecule has 0 bridgehead atoms. The smallest absolute Gasteiger partial charge is 0.158 e. The third-order valence-electron chi connectivity index (χ3n) is 4.31. The number of nitrogens with one attached hydrogen (secondary N) is 1. The Hall–Kier alpha value is -2.88. The number of imidazole rings is 1. The summed E-state index contributed by atoms with van der Waals surface area (Å²) >= 11 is 0. The fourth-order valence-electron chi connectivity index (χ4n) is 3.11. The second-order valence-corrected chi connectivity index (χ2v) is 5.54. The number of fused-ring (bicyclic) bond motifs is 2. The molecule has 0 aliphatic carbocycles. The highest BCUT2D eigenvalue weighted by Gasteiger charge is 2.25. The normalized spacial score (nSPS) is 17.2. The molecule has 4 heterocycles. The number of aromatic nitrogens is 5. The molecule has 0 unspecified atom stereocenters. The van der Waals surface area contributed by atoms with Gasteiger partial charge in [0, 0.05) is 38.4 Å². The summed E-state index contributed by atoms with van der Waals surface area (Å²) in [6.45, 7) is 0.875. The van der Waals surface area contributed by atoms with E-state index in [0.717, 1.165) is 42.1 Å². The van der Waals surface area contributed by atoms with E-state index in [1.165, 1.54) is 0 Å². The first kappa shape index (κ1) is 12.8. The predicted octanol–water partition coefficient (Wildman–Crippen LogP) is 1.48. The summed E-state index contributed by atoms with van der Waals surface area (Å²) in [5.74, 6) is 1.90. The second kappa shape index (κ2) is 4.84. The summed E-state index contributed by atoms with van der Waals surface area (Å²) in [6, 6.07) is 4.42. The molecule has 0 saturated carbocycles. The van der Waals surface area contributed by atoms with Crippen LogP contribution in [0.15, 0.2) is 24.8 Å². The average Bonchev–Trinajstić information content (AvgIpc) is 3.18. The molecule has 1 atom stereocenters. The number of anilines is 1. The molecule has 1 aliphatic rings. The van der Waals surface area contributed by atoms with E-state index in [1.54, 1.807) is 6.33 Å². The first-order chi connectivity index (χ1) is 10.8. The van der Waals surface area contributed by atoms with Gasteiger partial charge in [0.2, 0.25) is 0 Å². The molecule has 0 fully saturated rings. The Morgan fingerprint density at radius 2 is 2.36 bits per heavy atom. The molecule has 0 amide bonds. The van der Waals surface area contributed by atoms with Crippen LogP contribution in [0, 0.1) is 11.3 Å². The summed E-state index contributed by atoms with van der Waals surface area (Å²) in [6.07, 6.45) is 7.11. The Bertz CT molecular complexity index is 870. The van der Waals surface area contributed by atoms with Crippen molar-refractivity contribution in [3.8, 4) is 6.07 Å².